The number of amides is 2. The minimum atomic E-state index is -0.848. The van der Waals surface area contributed by atoms with Gasteiger partial charge in [-0.2, -0.15) is 0 Å². The van der Waals surface area contributed by atoms with Crippen molar-refractivity contribution in [2.24, 2.45) is 5.92 Å². The fraction of sp³-hybridized carbons (Fsp3) is 0.500. The number of rotatable bonds is 7. The van der Waals surface area contributed by atoms with Gasteiger partial charge in [0, 0.05) is 24.9 Å². The van der Waals surface area contributed by atoms with Crippen molar-refractivity contribution in [3.8, 4) is 0 Å². The maximum absolute atomic E-state index is 12.9. The Labute approximate surface area is 122 Å². The average molecular weight is 302 g/mol. The smallest absolute Gasteiger partial charge is 0.319 e. The van der Waals surface area contributed by atoms with Crippen LogP contribution < -0.4 is 10.6 Å². The van der Waals surface area contributed by atoms with E-state index in [2.05, 4.69) is 10.6 Å². The molecule has 1 unspecified atom stereocenters. The molecule has 3 N–H and O–H groups in total. The number of benzene rings is 1. The van der Waals surface area contributed by atoms with E-state index in [1.165, 1.54) is 0 Å². The van der Waals surface area contributed by atoms with Gasteiger partial charge in [0.2, 0.25) is 0 Å². The van der Waals surface area contributed by atoms with E-state index in [1.54, 1.807) is 0 Å². The van der Waals surface area contributed by atoms with E-state index in [-0.39, 0.29) is 18.8 Å². The third-order valence-electron chi connectivity index (χ3n) is 2.38. The van der Waals surface area contributed by atoms with Crippen molar-refractivity contribution in [3.63, 3.8) is 0 Å². The zero-order chi connectivity index (χ0) is 15.8. The maximum atomic E-state index is 12.9. The molecule has 21 heavy (non-hydrogen) atoms. The maximum Gasteiger partial charge on any atom is 0.319 e. The first kappa shape index (κ1) is 17.3. The summed E-state index contributed by atoms with van der Waals surface area (Å²) >= 11 is 0. The summed E-state index contributed by atoms with van der Waals surface area (Å²) in [6.07, 6.45) is -0.848. The molecule has 0 aliphatic heterocycles. The highest BCUT2D eigenvalue weighted by Gasteiger charge is 2.09. The first-order valence-electron chi connectivity index (χ1n) is 6.63. The summed E-state index contributed by atoms with van der Waals surface area (Å²) in [5, 5.41) is 14.2. The molecule has 1 aromatic rings. The van der Waals surface area contributed by atoms with Gasteiger partial charge >= 0.3 is 6.03 Å². The number of nitrogens with one attached hydrogen (secondary N) is 2. The van der Waals surface area contributed by atoms with Crippen molar-refractivity contribution in [1.82, 2.24) is 5.32 Å². The van der Waals surface area contributed by atoms with Crippen molar-refractivity contribution in [1.29, 1.82) is 0 Å². The van der Waals surface area contributed by atoms with Gasteiger partial charge in [-0.3, -0.25) is 0 Å². The summed E-state index contributed by atoms with van der Waals surface area (Å²) < 4.78 is 31.1. The average Bonchev–Trinajstić information content (AvgIpc) is 2.34. The van der Waals surface area contributed by atoms with Crippen molar-refractivity contribution in [2.45, 2.75) is 20.0 Å². The van der Waals surface area contributed by atoms with Crippen LogP contribution in [0.4, 0.5) is 19.3 Å². The zero-order valence-electron chi connectivity index (χ0n) is 12.0. The molecule has 0 aliphatic rings. The molecular weight excluding hydrogens is 282 g/mol. The molecule has 0 aromatic heterocycles. The van der Waals surface area contributed by atoms with Crippen molar-refractivity contribution < 1.29 is 23.4 Å². The van der Waals surface area contributed by atoms with Crippen LogP contribution in [0.2, 0.25) is 0 Å². The molecule has 118 valence electrons. The Morgan fingerprint density at radius 3 is 2.43 bits per heavy atom. The van der Waals surface area contributed by atoms with Crippen LogP contribution in [0.25, 0.3) is 0 Å². The number of anilines is 1. The van der Waals surface area contributed by atoms with Gasteiger partial charge in [0.15, 0.2) is 0 Å². The van der Waals surface area contributed by atoms with E-state index in [9.17, 15) is 18.7 Å². The van der Waals surface area contributed by atoms with Gasteiger partial charge in [0.05, 0.1) is 12.7 Å². The summed E-state index contributed by atoms with van der Waals surface area (Å²) in [5.74, 6) is -1.21. The van der Waals surface area contributed by atoms with E-state index in [1.807, 2.05) is 13.8 Å². The third kappa shape index (κ3) is 7.57. The standard InChI is InChI=1S/C14H20F2N2O3/c1-9(2)7-21-8-13(19)6-17-14(20)18-12-4-10(15)3-11(16)5-12/h3-5,9,13,19H,6-8H2,1-2H3,(H2,17,18,20). The number of carbonyl (C=O) groups is 1. The number of hydrogen-bond donors (Lipinski definition) is 3. The molecule has 0 bridgehead atoms. The van der Waals surface area contributed by atoms with Crippen molar-refractivity contribution in [2.75, 3.05) is 25.1 Å². The van der Waals surface area contributed by atoms with E-state index in [0.717, 1.165) is 12.1 Å². The normalized spacial score (nSPS) is 12.3. The highest BCUT2D eigenvalue weighted by Crippen LogP contribution is 2.12. The number of aliphatic hydroxyl groups excluding tert-OH is 1. The van der Waals surface area contributed by atoms with Crippen LogP contribution >= 0.6 is 0 Å². The minimum Gasteiger partial charge on any atom is -0.389 e. The monoisotopic (exact) mass is 302 g/mol. The predicted molar refractivity (Wildman–Crippen MR) is 75.0 cm³/mol. The fourth-order valence-electron chi connectivity index (χ4n) is 1.51. The highest BCUT2D eigenvalue weighted by molar-refractivity contribution is 5.89. The molecule has 1 atom stereocenters. The first-order chi connectivity index (χ1) is 9.86. The summed E-state index contributed by atoms with van der Waals surface area (Å²) in [7, 11) is 0. The lowest BCUT2D eigenvalue weighted by Gasteiger charge is -2.14. The second-order valence-corrected chi connectivity index (χ2v) is 5.08. The lowest BCUT2D eigenvalue weighted by molar-refractivity contribution is 0.0274. The van der Waals surface area contributed by atoms with Gasteiger partial charge in [-0.05, 0) is 18.1 Å². The van der Waals surface area contributed by atoms with E-state index in [4.69, 9.17) is 4.74 Å². The zero-order valence-corrected chi connectivity index (χ0v) is 12.0. The Morgan fingerprint density at radius 1 is 1.24 bits per heavy atom. The topological polar surface area (TPSA) is 70.6 Å². The van der Waals surface area contributed by atoms with Gasteiger partial charge in [-0.25, -0.2) is 13.6 Å². The van der Waals surface area contributed by atoms with E-state index < -0.39 is 23.8 Å². The quantitative estimate of drug-likeness (QED) is 0.722. The Hall–Kier alpha value is -1.73. The van der Waals surface area contributed by atoms with Crippen LogP contribution in [-0.4, -0.2) is 37.0 Å². The molecule has 0 radical (unpaired) electrons. The molecule has 7 heteroatoms. The molecule has 0 spiro atoms. The summed E-state index contributed by atoms with van der Waals surface area (Å²) in [4.78, 5) is 11.5. The molecule has 0 heterocycles. The SMILES string of the molecule is CC(C)COCC(O)CNC(=O)Nc1cc(F)cc(F)c1. The van der Waals surface area contributed by atoms with Crippen LogP contribution in [-0.2, 0) is 4.74 Å². The largest absolute Gasteiger partial charge is 0.389 e. The number of urea groups is 1. The number of halogens is 2. The molecule has 2 amide bonds. The minimum absolute atomic E-state index is 0.00412. The Morgan fingerprint density at radius 2 is 1.86 bits per heavy atom. The summed E-state index contributed by atoms with van der Waals surface area (Å²) in [5.41, 5.74) is -0.00412. The summed E-state index contributed by atoms with van der Waals surface area (Å²) in [6, 6.07) is 2.03. The molecule has 0 saturated heterocycles. The Kier molecular flexibility index (Phi) is 7.04. The van der Waals surface area contributed by atoms with Gasteiger partial charge < -0.3 is 20.5 Å². The van der Waals surface area contributed by atoms with Gasteiger partial charge in [-0.15, -0.1) is 0 Å². The Balaban J connectivity index is 2.30. The fourth-order valence-corrected chi connectivity index (χ4v) is 1.51. The van der Waals surface area contributed by atoms with Crippen LogP contribution in [0.3, 0.4) is 0 Å². The third-order valence-corrected chi connectivity index (χ3v) is 2.38. The number of hydrogen-bond acceptors (Lipinski definition) is 3. The number of ether oxygens (including phenoxy) is 1. The Bertz CT molecular complexity index is 449. The van der Waals surface area contributed by atoms with E-state index >= 15 is 0 Å². The number of aliphatic hydroxyl groups is 1. The van der Waals surface area contributed by atoms with Crippen LogP contribution in [0, 0.1) is 17.6 Å². The van der Waals surface area contributed by atoms with Crippen LogP contribution in [0.1, 0.15) is 13.8 Å². The lowest BCUT2D eigenvalue weighted by Crippen LogP contribution is -2.37. The second kappa shape index (κ2) is 8.53. The molecule has 0 aliphatic carbocycles. The van der Waals surface area contributed by atoms with E-state index in [0.29, 0.717) is 18.6 Å². The van der Waals surface area contributed by atoms with Crippen molar-refractivity contribution >= 4 is 11.7 Å². The van der Waals surface area contributed by atoms with Crippen molar-refractivity contribution in [3.05, 3.63) is 29.8 Å². The molecule has 0 saturated carbocycles. The lowest BCUT2D eigenvalue weighted by atomic mass is 10.2. The summed E-state index contributed by atoms with van der Waals surface area (Å²) in [6.45, 7) is 4.56. The molecule has 0 fully saturated rings. The first-order valence-corrected chi connectivity index (χ1v) is 6.63. The van der Waals surface area contributed by atoms with Gasteiger partial charge in [-0.1, -0.05) is 13.8 Å². The van der Waals surface area contributed by atoms with Gasteiger partial charge in [0.1, 0.15) is 11.6 Å². The molecule has 1 rings (SSSR count). The molecule has 5 nitrogen and oxygen atoms in total. The van der Waals surface area contributed by atoms with Crippen LogP contribution in [0.5, 0.6) is 0 Å². The van der Waals surface area contributed by atoms with Gasteiger partial charge in [0.25, 0.3) is 0 Å². The predicted octanol–water partition coefficient (Wildman–Crippen LogP) is 2.12. The molecular formula is C14H20F2N2O3. The number of carbonyl (C=O) groups excluding carboxylic acids is 1. The second-order valence-electron chi connectivity index (χ2n) is 5.08. The van der Waals surface area contributed by atoms with Crippen LogP contribution in [0.15, 0.2) is 18.2 Å². The molecule has 1 aromatic carbocycles. The highest BCUT2D eigenvalue weighted by atomic mass is 19.1.